The van der Waals surface area contributed by atoms with Gasteiger partial charge >= 0.3 is 0 Å². The van der Waals surface area contributed by atoms with Gasteiger partial charge in [-0.15, -0.1) is 0 Å². The predicted octanol–water partition coefficient (Wildman–Crippen LogP) is 2.08. The number of carbonyl (C=O) groups excluding carboxylic acids is 1. The number of aliphatic hydroxyl groups is 1. The van der Waals surface area contributed by atoms with Gasteiger partial charge in [-0.05, 0) is 44.2 Å². The molecule has 0 saturated carbocycles. The number of allylic oxidation sites excluding steroid dienone is 1. The standard InChI is InChI=1S/C14H28N2O3/c1-3-12(2)11-14(18)19-10-5-4-7-13(17)16-9-6-8-15/h11-12,18H,3-10,15H2,1-2H3,(H,16,17)/b14-11+. The third-order valence-corrected chi connectivity index (χ3v) is 2.82. The van der Waals surface area contributed by atoms with Crippen molar-refractivity contribution < 1.29 is 14.6 Å². The summed E-state index contributed by atoms with van der Waals surface area (Å²) in [4.78, 5) is 11.3. The second-order valence-corrected chi connectivity index (χ2v) is 4.69. The normalized spacial score (nSPS) is 13.1. The first kappa shape index (κ1) is 17.8. The van der Waals surface area contributed by atoms with Crippen LogP contribution in [0.15, 0.2) is 12.0 Å². The smallest absolute Gasteiger partial charge is 0.272 e. The second kappa shape index (κ2) is 11.8. The van der Waals surface area contributed by atoms with Crippen LogP contribution in [-0.4, -0.2) is 30.7 Å². The topological polar surface area (TPSA) is 84.6 Å². The van der Waals surface area contributed by atoms with Crippen molar-refractivity contribution in [2.24, 2.45) is 11.7 Å². The summed E-state index contributed by atoms with van der Waals surface area (Å²) in [6.45, 7) is 5.75. The lowest BCUT2D eigenvalue weighted by atomic mass is 10.1. The number of nitrogens with one attached hydrogen (secondary N) is 1. The van der Waals surface area contributed by atoms with Gasteiger partial charge in [0.2, 0.25) is 5.91 Å². The van der Waals surface area contributed by atoms with E-state index in [1.807, 2.05) is 6.92 Å². The zero-order valence-corrected chi connectivity index (χ0v) is 12.2. The van der Waals surface area contributed by atoms with Gasteiger partial charge in [0, 0.05) is 13.0 Å². The summed E-state index contributed by atoms with van der Waals surface area (Å²) in [5, 5.41) is 12.2. The monoisotopic (exact) mass is 272 g/mol. The summed E-state index contributed by atoms with van der Waals surface area (Å²) in [5.41, 5.74) is 5.33. The second-order valence-electron chi connectivity index (χ2n) is 4.69. The number of hydrogen-bond donors (Lipinski definition) is 3. The van der Waals surface area contributed by atoms with Gasteiger partial charge in [0.1, 0.15) is 0 Å². The molecular formula is C14H28N2O3. The molecule has 1 atom stereocenters. The summed E-state index contributed by atoms with van der Waals surface area (Å²) < 4.78 is 5.16. The lowest BCUT2D eigenvalue weighted by Crippen LogP contribution is -2.25. The van der Waals surface area contributed by atoms with Crippen molar-refractivity contribution in [1.29, 1.82) is 0 Å². The van der Waals surface area contributed by atoms with E-state index >= 15 is 0 Å². The molecule has 0 aromatic heterocycles. The van der Waals surface area contributed by atoms with Gasteiger partial charge in [-0.3, -0.25) is 4.79 Å². The number of ether oxygens (including phenoxy) is 1. The predicted molar refractivity (Wildman–Crippen MR) is 76.7 cm³/mol. The number of aliphatic hydroxyl groups excluding tert-OH is 1. The Morgan fingerprint density at radius 3 is 2.79 bits per heavy atom. The molecule has 0 aliphatic carbocycles. The zero-order chi connectivity index (χ0) is 14.5. The quantitative estimate of drug-likeness (QED) is 0.397. The lowest BCUT2D eigenvalue weighted by Gasteiger charge is -2.07. The molecular weight excluding hydrogens is 244 g/mol. The fourth-order valence-corrected chi connectivity index (χ4v) is 1.39. The number of unbranched alkanes of at least 4 members (excludes halogenated alkanes) is 1. The van der Waals surface area contributed by atoms with Crippen molar-refractivity contribution in [2.45, 2.75) is 46.0 Å². The van der Waals surface area contributed by atoms with Crippen LogP contribution in [0.2, 0.25) is 0 Å². The van der Waals surface area contributed by atoms with Gasteiger partial charge in [0.15, 0.2) is 0 Å². The van der Waals surface area contributed by atoms with Crippen molar-refractivity contribution in [2.75, 3.05) is 19.7 Å². The van der Waals surface area contributed by atoms with E-state index < -0.39 is 0 Å². The van der Waals surface area contributed by atoms with Crippen molar-refractivity contribution in [3.63, 3.8) is 0 Å². The van der Waals surface area contributed by atoms with Crippen LogP contribution in [0.25, 0.3) is 0 Å². The van der Waals surface area contributed by atoms with Gasteiger partial charge in [-0.1, -0.05) is 13.8 Å². The van der Waals surface area contributed by atoms with Crippen LogP contribution in [0.1, 0.15) is 46.0 Å². The number of hydrogen-bond acceptors (Lipinski definition) is 4. The molecule has 0 bridgehead atoms. The molecule has 5 nitrogen and oxygen atoms in total. The summed E-state index contributed by atoms with van der Waals surface area (Å²) in [6.07, 6.45) is 5.48. The Balaban J connectivity index is 3.49. The molecule has 112 valence electrons. The number of rotatable bonds is 11. The van der Waals surface area contributed by atoms with Crippen LogP contribution < -0.4 is 11.1 Å². The van der Waals surface area contributed by atoms with Gasteiger partial charge < -0.3 is 20.9 Å². The van der Waals surface area contributed by atoms with E-state index in [0.717, 1.165) is 25.7 Å². The van der Waals surface area contributed by atoms with Crippen LogP contribution in [0.4, 0.5) is 0 Å². The van der Waals surface area contributed by atoms with Crippen LogP contribution in [0.5, 0.6) is 0 Å². The Kier molecular flexibility index (Phi) is 11.1. The Morgan fingerprint density at radius 1 is 1.42 bits per heavy atom. The Morgan fingerprint density at radius 2 is 2.16 bits per heavy atom. The van der Waals surface area contributed by atoms with Gasteiger partial charge in [0.25, 0.3) is 5.95 Å². The van der Waals surface area contributed by atoms with Crippen LogP contribution in [-0.2, 0) is 9.53 Å². The first-order valence-electron chi connectivity index (χ1n) is 7.10. The summed E-state index contributed by atoms with van der Waals surface area (Å²) in [6, 6.07) is 0. The van der Waals surface area contributed by atoms with E-state index in [0.29, 0.717) is 32.0 Å². The molecule has 19 heavy (non-hydrogen) atoms. The highest BCUT2D eigenvalue weighted by Gasteiger charge is 2.02. The van der Waals surface area contributed by atoms with Crippen LogP contribution in [0, 0.1) is 5.92 Å². The van der Waals surface area contributed by atoms with Crippen molar-refractivity contribution >= 4 is 5.91 Å². The molecule has 0 spiro atoms. The molecule has 1 unspecified atom stereocenters. The third-order valence-electron chi connectivity index (χ3n) is 2.82. The Labute approximate surface area is 116 Å². The van der Waals surface area contributed by atoms with Crippen molar-refractivity contribution in [1.82, 2.24) is 5.32 Å². The average molecular weight is 272 g/mol. The van der Waals surface area contributed by atoms with E-state index in [1.165, 1.54) is 0 Å². The van der Waals surface area contributed by atoms with Crippen molar-refractivity contribution in [3.8, 4) is 0 Å². The number of nitrogens with two attached hydrogens (primary N) is 1. The van der Waals surface area contributed by atoms with Gasteiger partial charge in [0.05, 0.1) is 6.61 Å². The molecule has 0 radical (unpaired) electrons. The minimum absolute atomic E-state index is 0.0123. The molecule has 0 heterocycles. The zero-order valence-electron chi connectivity index (χ0n) is 12.2. The minimum atomic E-state index is -0.0123. The Hall–Kier alpha value is -1.23. The highest BCUT2D eigenvalue weighted by Crippen LogP contribution is 2.07. The Bertz CT molecular complexity index is 267. The molecule has 0 aliphatic heterocycles. The van der Waals surface area contributed by atoms with E-state index in [9.17, 15) is 9.90 Å². The summed E-state index contributed by atoms with van der Waals surface area (Å²) in [5.74, 6) is 0.350. The molecule has 5 heteroatoms. The van der Waals surface area contributed by atoms with E-state index in [4.69, 9.17) is 10.5 Å². The molecule has 0 fully saturated rings. The molecule has 0 rings (SSSR count). The van der Waals surface area contributed by atoms with Crippen LogP contribution in [0.3, 0.4) is 0 Å². The highest BCUT2D eigenvalue weighted by molar-refractivity contribution is 5.75. The summed E-state index contributed by atoms with van der Waals surface area (Å²) in [7, 11) is 0. The molecule has 1 amide bonds. The molecule has 0 saturated heterocycles. The van der Waals surface area contributed by atoms with Crippen LogP contribution >= 0.6 is 0 Å². The molecule has 0 aliphatic rings. The van der Waals surface area contributed by atoms with Crippen molar-refractivity contribution in [3.05, 3.63) is 12.0 Å². The third kappa shape index (κ3) is 11.6. The molecule has 4 N–H and O–H groups in total. The number of carbonyl (C=O) groups is 1. The van der Waals surface area contributed by atoms with E-state index in [2.05, 4.69) is 12.2 Å². The van der Waals surface area contributed by atoms with Gasteiger partial charge in [-0.25, -0.2) is 0 Å². The van der Waals surface area contributed by atoms with E-state index in [-0.39, 0.29) is 11.9 Å². The maximum Gasteiger partial charge on any atom is 0.272 e. The fourth-order valence-electron chi connectivity index (χ4n) is 1.39. The highest BCUT2D eigenvalue weighted by atomic mass is 16.6. The SMILES string of the molecule is CCC(C)/C=C(\O)OCCCCC(=O)NCCCN. The van der Waals surface area contributed by atoms with E-state index in [1.54, 1.807) is 6.08 Å². The number of amides is 1. The molecule has 0 aromatic rings. The first-order chi connectivity index (χ1) is 9.10. The summed E-state index contributed by atoms with van der Waals surface area (Å²) >= 11 is 0. The average Bonchev–Trinajstić information content (AvgIpc) is 2.38. The first-order valence-corrected chi connectivity index (χ1v) is 7.10. The lowest BCUT2D eigenvalue weighted by molar-refractivity contribution is -0.121. The maximum absolute atomic E-state index is 11.3. The van der Waals surface area contributed by atoms with Gasteiger partial charge in [-0.2, -0.15) is 0 Å². The molecule has 0 aromatic carbocycles. The fraction of sp³-hybridized carbons (Fsp3) is 0.786. The maximum atomic E-state index is 11.3. The minimum Gasteiger partial charge on any atom is -0.481 e. The largest absolute Gasteiger partial charge is 0.481 e.